The van der Waals surface area contributed by atoms with Crippen LogP contribution in [0.2, 0.25) is 0 Å². The molecule has 3 rings (SSSR count). The summed E-state index contributed by atoms with van der Waals surface area (Å²) in [4.78, 5) is 14.4. The van der Waals surface area contributed by atoms with E-state index in [0.717, 1.165) is 17.4 Å². The zero-order chi connectivity index (χ0) is 20.8. The van der Waals surface area contributed by atoms with Crippen LogP contribution in [0.1, 0.15) is 25.3 Å². The Labute approximate surface area is 169 Å². The van der Waals surface area contributed by atoms with Crippen LogP contribution in [0.4, 0.5) is 8.78 Å². The molecule has 0 saturated carbocycles. The van der Waals surface area contributed by atoms with Crippen LogP contribution < -0.4 is 9.47 Å². The lowest BCUT2D eigenvalue weighted by Crippen LogP contribution is -2.46. The normalized spacial score (nSPS) is 15.8. The molecule has 0 N–H and O–H groups in total. The van der Waals surface area contributed by atoms with Gasteiger partial charge in [-0.25, -0.2) is 8.78 Å². The molecule has 1 heterocycles. The van der Waals surface area contributed by atoms with E-state index in [-0.39, 0.29) is 17.8 Å². The number of rotatable bonds is 7. The maximum atomic E-state index is 13.7. The molecule has 2 aromatic rings. The van der Waals surface area contributed by atoms with Crippen LogP contribution in [0.3, 0.4) is 0 Å². The number of piperidine rings is 1. The van der Waals surface area contributed by atoms with Gasteiger partial charge in [-0.1, -0.05) is 12.1 Å². The van der Waals surface area contributed by atoms with Gasteiger partial charge in [0.15, 0.2) is 11.6 Å². The Morgan fingerprint density at radius 3 is 2.62 bits per heavy atom. The second-order valence-electron chi connectivity index (χ2n) is 7.02. The van der Waals surface area contributed by atoms with Crippen LogP contribution in [-0.4, -0.2) is 43.2 Å². The third-order valence-electron chi connectivity index (χ3n) is 4.92. The van der Waals surface area contributed by atoms with E-state index in [1.165, 1.54) is 12.1 Å². The molecule has 29 heavy (non-hydrogen) atoms. The highest BCUT2D eigenvalue weighted by atomic mass is 19.1. The van der Waals surface area contributed by atoms with Crippen LogP contribution in [0.15, 0.2) is 42.5 Å². The summed E-state index contributed by atoms with van der Waals surface area (Å²) in [6.07, 6.45) is 0.358. The van der Waals surface area contributed by atoms with Crippen molar-refractivity contribution >= 4 is 5.91 Å². The summed E-state index contributed by atoms with van der Waals surface area (Å²) in [5.74, 6) is -0.670. The molecule has 5 nitrogen and oxygen atoms in total. The van der Waals surface area contributed by atoms with E-state index in [9.17, 15) is 13.6 Å². The van der Waals surface area contributed by atoms with Crippen molar-refractivity contribution in [1.82, 2.24) is 4.90 Å². The van der Waals surface area contributed by atoms with Gasteiger partial charge in [0, 0.05) is 32.0 Å². The van der Waals surface area contributed by atoms with E-state index in [2.05, 4.69) is 0 Å². The van der Waals surface area contributed by atoms with Crippen LogP contribution >= 0.6 is 0 Å². The second kappa shape index (κ2) is 9.69. The smallest absolute Gasteiger partial charge is 0.251 e. The Balaban J connectivity index is 1.46. The summed E-state index contributed by atoms with van der Waals surface area (Å²) in [6.45, 7) is 3.05. The maximum Gasteiger partial charge on any atom is 0.251 e. The van der Waals surface area contributed by atoms with E-state index < -0.39 is 17.7 Å². The van der Waals surface area contributed by atoms with Crippen LogP contribution in [-0.2, 0) is 16.1 Å². The number of nitrogens with zero attached hydrogens (tertiary/aromatic N) is 1. The third kappa shape index (κ3) is 5.67. The number of halogens is 2. The van der Waals surface area contributed by atoms with Gasteiger partial charge in [0.1, 0.15) is 23.8 Å². The molecular formula is C22H25F2NO4. The van der Waals surface area contributed by atoms with Crippen molar-refractivity contribution in [3.63, 3.8) is 0 Å². The number of methoxy groups -OCH3 is 1. The van der Waals surface area contributed by atoms with E-state index in [1.54, 1.807) is 18.9 Å². The Morgan fingerprint density at radius 1 is 1.17 bits per heavy atom. The minimum atomic E-state index is -0.719. The SMILES string of the molecule is COc1cccc(COC(C)C(=O)N2CCC(Oc3ccc(F)cc3F)CC2)c1. The van der Waals surface area contributed by atoms with Crippen molar-refractivity contribution in [2.75, 3.05) is 20.2 Å². The fourth-order valence-electron chi connectivity index (χ4n) is 3.26. The Kier molecular flexibility index (Phi) is 7.04. The number of hydrogen-bond acceptors (Lipinski definition) is 4. The lowest BCUT2D eigenvalue weighted by Gasteiger charge is -2.33. The molecule has 0 aliphatic carbocycles. The van der Waals surface area contributed by atoms with Gasteiger partial charge in [-0.15, -0.1) is 0 Å². The van der Waals surface area contributed by atoms with Gasteiger partial charge in [0.05, 0.1) is 13.7 Å². The zero-order valence-electron chi connectivity index (χ0n) is 16.6. The number of hydrogen-bond donors (Lipinski definition) is 0. The highest BCUT2D eigenvalue weighted by Crippen LogP contribution is 2.23. The third-order valence-corrected chi connectivity index (χ3v) is 4.92. The van der Waals surface area contributed by atoms with Crippen LogP contribution in [0, 0.1) is 11.6 Å². The number of ether oxygens (including phenoxy) is 3. The Hall–Kier alpha value is -2.67. The Bertz CT molecular complexity index is 837. The van der Waals surface area contributed by atoms with Crippen molar-refractivity contribution in [2.45, 2.75) is 38.6 Å². The van der Waals surface area contributed by atoms with Gasteiger partial charge in [0.2, 0.25) is 0 Å². The standard InChI is InChI=1S/C22H25F2NO4/c1-15(28-14-16-4-3-5-19(12-16)27-2)22(26)25-10-8-18(9-11-25)29-21-7-6-17(23)13-20(21)24/h3-7,12-13,15,18H,8-11,14H2,1-2H3. The van der Waals surface area contributed by atoms with Gasteiger partial charge in [0.25, 0.3) is 5.91 Å². The fraction of sp³-hybridized carbons (Fsp3) is 0.409. The molecule has 1 unspecified atom stereocenters. The summed E-state index contributed by atoms with van der Waals surface area (Å²) >= 11 is 0. The summed E-state index contributed by atoms with van der Waals surface area (Å²) in [7, 11) is 1.60. The highest BCUT2D eigenvalue weighted by Gasteiger charge is 2.27. The maximum absolute atomic E-state index is 13.7. The Morgan fingerprint density at radius 2 is 1.93 bits per heavy atom. The van der Waals surface area contributed by atoms with Gasteiger partial charge < -0.3 is 19.1 Å². The van der Waals surface area contributed by atoms with Crippen molar-refractivity contribution in [2.24, 2.45) is 0 Å². The van der Waals surface area contributed by atoms with E-state index in [4.69, 9.17) is 14.2 Å². The van der Waals surface area contributed by atoms with Crippen molar-refractivity contribution in [1.29, 1.82) is 0 Å². The van der Waals surface area contributed by atoms with Gasteiger partial charge in [-0.05, 0) is 36.8 Å². The highest BCUT2D eigenvalue weighted by molar-refractivity contribution is 5.80. The van der Waals surface area contributed by atoms with E-state index in [1.807, 2.05) is 24.3 Å². The molecule has 0 radical (unpaired) electrons. The largest absolute Gasteiger partial charge is 0.497 e. The van der Waals surface area contributed by atoms with Gasteiger partial charge in [-0.3, -0.25) is 4.79 Å². The van der Waals surface area contributed by atoms with Crippen molar-refractivity contribution < 1.29 is 27.8 Å². The monoisotopic (exact) mass is 405 g/mol. The first kappa shape index (κ1) is 21.0. The second-order valence-corrected chi connectivity index (χ2v) is 7.02. The molecule has 0 bridgehead atoms. The first-order valence-corrected chi connectivity index (χ1v) is 9.61. The lowest BCUT2D eigenvalue weighted by molar-refractivity contribution is -0.145. The molecule has 1 aliphatic heterocycles. The lowest BCUT2D eigenvalue weighted by atomic mass is 10.1. The average Bonchev–Trinajstić information content (AvgIpc) is 2.74. The molecule has 1 fully saturated rings. The molecule has 0 aromatic heterocycles. The van der Waals surface area contributed by atoms with E-state index >= 15 is 0 Å². The molecule has 0 spiro atoms. The summed E-state index contributed by atoms with van der Waals surface area (Å²) in [6, 6.07) is 10.8. The summed E-state index contributed by atoms with van der Waals surface area (Å²) in [5.41, 5.74) is 0.928. The molecule has 1 saturated heterocycles. The van der Waals surface area contributed by atoms with Gasteiger partial charge in [-0.2, -0.15) is 0 Å². The summed E-state index contributed by atoms with van der Waals surface area (Å²) < 4.78 is 43.3. The summed E-state index contributed by atoms with van der Waals surface area (Å²) in [5, 5.41) is 0. The molecule has 1 atom stereocenters. The quantitative estimate of drug-likeness (QED) is 0.700. The molecule has 7 heteroatoms. The molecular weight excluding hydrogens is 380 g/mol. The van der Waals surface area contributed by atoms with Crippen molar-refractivity contribution in [3.8, 4) is 11.5 Å². The minimum Gasteiger partial charge on any atom is -0.497 e. The number of benzene rings is 2. The average molecular weight is 405 g/mol. The molecule has 1 aliphatic rings. The topological polar surface area (TPSA) is 48.0 Å². The van der Waals surface area contributed by atoms with Gasteiger partial charge >= 0.3 is 0 Å². The van der Waals surface area contributed by atoms with E-state index in [0.29, 0.717) is 32.5 Å². The van der Waals surface area contributed by atoms with Crippen LogP contribution in [0.25, 0.3) is 0 Å². The molecule has 1 amide bonds. The first-order valence-electron chi connectivity index (χ1n) is 9.61. The molecule has 2 aromatic carbocycles. The minimum absolute atomic E-state index is 0.0335. The first-order chi connectivity index (χ1) is 14.0. The zero-order valence-corrected chi connectivity index (χ0v) is 16.6. The molecule has 156 valence electrons. The number of amides is 1. The number of carbonyl (C=O) groups excluding carboxylic acids is 1. The van der Waals surface area contributed by atoms with Crippen LogP contribution in [0.5, 0.6) is 11.5 Å². The number of carbonyl (C=O) groups is 1. The predicted molar refractivity (Wildman–Crippen MR) is 104 cm³/mol. The fourth-order valence-corrected chi connectivity index (χ4v) is 3.26. The predicted octanol–water partition coefficient (Wildman–Crippen LogP) is 3.95. The van der Waals surface area contributed by atoms with Crippen molar-refractivity contribution in [3.05, 3.63) is 59.7 Å². The number of likely N-dealkylation sites (tertiary alicyclic amines) is 1.